The molecule has 0 heterocycles. The van der Waals surface area contributed by atoms with E-state index in [-0.39, 0.29) is 16.1 Å². The quantitative estimate of drug-likeness (QED) is 0.621. The van der Waals surface area contributed by atoms with Crippen LogP contribution in [0.25, 0.3) is 0 Å². The van der Waals surface area contributed by atoms with Gasteiger partial charge in [-0.2, -0.15) is 0 Å². The monoisotopic (exact) mass is 426 g/mol. The van der Waals surface area contributed by atoms with Crippen molar-refractivity contribution in [1.82, 2.24) is 0 Å². The lowest BCUT2D eigenvalue weighted by molar-refractivity contribution is 0.102. The number of sulfonamides is 1. The minimum Gasteiger partial charge on any atom is -0.493 e. The summed E-state index contributed by atoms with van der Waals surface area (Å²) >= 11 is 0. The number of ether oxygens (including phenoxy) is 2. The molecule has 0 fully saturated rings. The van der Waals surface area contributed by atoms with Crippen LogP contribution in [0.15, 0.2) is 77.7 Å². The van der Waals surface area contributed by atoms with Gasteiger partial charge < -0.3 is 14.8 Å². The van der Waals surface area contributed by atoms with Gasteiger partial charge in [-0.25, -0.2) is 8.42 Å². The van der Waals surface area contributed by atoms with Gasteiger partial charge in [0.15, 0.2) is 11.5 Å². The standard InChI is InChI=1S/C22H22N2O5S/c1-24(30(26,27)17-9-5-4-6-10-17)19-12-8-7-11-18(19)22(25)23-16-13-14-20(28-2)21(15-16)29-3/h4-15H,1-3H3,(H,23,25). The second kappa shape index (κ2) is 8.87. The molecule has 0 aromatic heterocycles. The van der Waals surface area contributed by atoms with E-state index in [0.717, 1.165) is 4.31 Å². The van der Waals surface area contributed by atoms with Gasteiger partial charge in [-0.05, 0) is 36.4 Å². The Kier molecular flexibility index (Phi) is 6.27. The first-order valence-electron chi connectivity index (χ1n) is 9.05. The van der Waals surface area contributed by atoms with Crippen molar-refractivity contribution >= 4 is 27.3 Å². The van der Waals surface area contributed by atoms with Crippen LogP contribution in [0.3, 0.4) is 0 Å². The highest BCUT2D eigenvalue weighted by Gasteiger charge is 2.25. The summed E-state index contributed by atoms with van der Waals surface area (Å²) in [5, 5.41) is 2.77. The van der Waals surface area contributed by atoms with Crippen molar-refractivity contribution in [2.75, 3.05) is 30.9 Å². The molecular formula is C22H22N2O5S. The summed E-state index contributed by atoms with van der Waals surface area (Å²) in [5.41, 5.74) is 0.967. The molecular weight excluding hydrogens is 404 g/mol. The van der Waals surface area contributed by atoms with E-state index in [1.165, 1.54) is 33.4 Å². The van der Waals surface area contributed by atoms with Crippen molar-refractivity contribution in [2.24, 2.45) is 0 Å². The maximum atomic E-state index is 13.0. The Labute approximate surface area is 175 Å². The number of nitrogens with zero attached hydrogens (tertiary/aromatic N) is 1. The van der Waals surface area contributed by atoms with Crippen molar-refractivity contribution in [1.29, 1.82) is 0 Å². The van der Waals surface area contributed by atoms with Crippen LogP contribution in [-0.4, -0.2) is 35.6 Å². The minimum absolute atomic E-state index is 0.141. The summed E-state index contributed by atoms with van der Waals surface area (Å²) in [4.78, 5) is 13.1. The van der Waals surface area contributed by atoms with Crippen molar-refractivity contribution in [3.63, 3.8) is 0 Å². The first kappa shape index (κ1) is 21.2. The molecule has 8 heteroatoms. The Morgan fingerprint density at radius 1 is 0.867 bits per heavy atom. The lowest BCUT2D eigenvalue weighted by Gasteiger charge is -2.22. The second-order valence-electron chi connectivity index (χ2n) is 6.33. The van der Waals surface area contributed by atoms with Gasteiger partial charge in [0.1, 0.15) is 0 Å². The first-order valence-corrected chi connectivity index (χ1v) is 10.5. The van der Waals surface area contributed by atoms with Gasteiger partial charge in [-0.1, -0.05) is 30.3 Å². The largest absolute Gasteiger partial charge is 0.493 e. The predicted molar refractivity (Wildman–Crippen MR) is 116 cm³/mol. The number of nitrogens with one attached hydrogen (secondary N) is 1. The third-order valence-electron chi connectivity index (χ3n) is 4.53. The molecule has 0 saturated heterocycles. The topological polar surface area (TPSA) is 84.9 Å². The highest BCUT2D eigenvalue weighted by molar-refractivity contribution is 7.92. The van der Waals surface area contributed by atoms with E-state index in [1.54, 1.807) is 60.7 Å². The van der Waals surface area contributed by atoms with Gasteiger partial charge in [0.2, 0.25) is 0 Å². The van der Waals surface area contributed by atoms with Crippen LogP contribution in [0.4, 0.5) is 11.4 Å². The SMILES string of the molecule is COc1ccc(NC(=O)c2ccccc2N(C)S(=O)(=O)c2ccccc2)cc1OC. The van der Waals surface area contributed by atoms with Gasteiger partial charge in [-0.3, -0.25) is 9.10 Å². The molecule has 156 valence electrons. The Morgan fingerprint density at radius 3 is 2.17 bits per heavy atom. The van der Waals surface area contributed by atoms with E-state index in [0.29, 0.717) is 17.2 Å². The molecule has 3 aromatic rings. The van der Waals surface area contributed by atoms with Gasteiger partial charge in [0.25, 0.3) is 15.9 Å². The van der Waals surface area contributed by atoms with Crippen LogP contribution in [0.5, 0.6) is 11.5 Å². The van der Waals surface area contributed by atoms with Gasteiger partial charge in [0, 0.05) is 18.8 Å². The Hall–Kier alpha value is -3.52. The van der Waals surface area contributed by atoms with Gasteiger partial charge >= 0.3 is 0 Å². The predicted octanol–water partition coefficient (Wildman–Crippen LogP) is 3.78. The first-order chi connectivity index (χ1) is 14.4. The summed E-state index contributed by atoms with van der Waals surface area (Å²) in [6.07, 6.45) is 0. The highest BCUT2D eigenvalue weighted by atomic mass is 32.2. The summed E-state index contributed by atoms with van der Waals surface area (Å²) in [7, 11) is 0.623. The van der Waals surface area contributed by atoms with E-state index in [4.69, 9.17) is 9.47 Å². The number of para-hydroxylation sites is 1. The molecule has 0 bridgehead atoms. The Balaban J connectivity index is 1.92. The lowest BCUT2D eigenvalue weighted by Crippen LogP contribution is -2.29. The fraction of sp³-hybridized carbons (Fsp3) is 0.136. The molecule has 1 N–H and O–H groups in total. The number of rotatable bonds is 7. The molecule has 0 saturated carbocycles. The number of amides is 1. The number of hydrogen-bond donors (Lipinski definition) is 1. The number of methoxy groups -OCH3 is 2. The maximum absolute atomic E-state index is 13.0. The molecule has 0 unspecified atom stereocenters. The zero-order valence-electron chi connectivity index (χ0n) is 16.8. The van der Waals surface area contributed by atoms with Crippen molar-refractivity contribution in [3.05, 3.63) is 78.4 Å². The Bertz CT molecular complexity index is 1150. The molecule has 0 spiro atoms. The fourth-order valence-electron chi connectivity index (χ4n) is 2.93. The van der Waals surface area contributed by atoms with Crippen LogP contribution < -0.4 is 19.1 Å². The zero-order chi connectivity index (χ0) is 21.7. The molecule has 0 radical (unpaired) electrons. The fourth-order valence-corrected chi connectivity index (χ4v) is 4.17. The van der Waals surface area contributed by atoms with E-state index in [2.05, 4.69) is 5.32 Å². The summed E-state index contributed by atoms with van der Waals surface area (Å²) < 4.78 is 37.5. The van der Waals surface area contributed by atoms with Crippen molar-refractivity contribution in [3.8, 4) is 11.5 Å². The molecule has 3 rings (SSSR count). The number of carbonyl (C=O) groups excluding carboxylic acids is 1. The third kappa shape index (κ3) is 4.23. The molecule has 30 heavy (non-hydrogen) atoms. The second-order valence-corrected chi connectivity index (χ2v) is 8.30. The van der Waals surface area contributed by atoms with Crippen molar-refractivity contribution < 1.29 is 22.7 Å². The van der Waals surface area contributed by atoms with E-state index >= 15 is 0 Å². The van der Waals surface area contributed by atoms with Gasteiger partial charge in [0.05, 0.1) is 30.4 Å². The van der Waals surface area contributed by atoms with Crippen LogP contribution in [0.1, 0.15) is 10.4 Å². The van der Waals surface area contributed by atoms with E-state index < -0.39 is 15.9 Å². The maximum Gasteiger partial charge on any atom is 0.264 e. The Morgan fingerprint density at radius 2 is 1.50 bits per heavy atom. The molecule has 0 atom stereocenters. The third-order valence-corrected chi connectivity index (χ3v) is 6.32. The highest BCUT2D eigenvalue weighted by Crippen LogP contribution is 2.31. The molecule has 1 amide bonds. The van der Waals surface area contributed by atoms with Crippen LogP contribution in [0, 0.1) is 0 Å². The minimum atomic E-state index is -3.82. The van der Waals surface area contributed by atoms with E-state index in [9.17, 15) is 13.2 Å². The average Bonchev–Trinajstić information content (AvgIpc) is 2.79. The number of benzene rings is 3. The van der Waals surface area contributed by atoms with Crippen LogP contribution in [-0.2, 0) is 10.0 Å². The van der Waals surface area contributed by atoms with Crippen molar-refractivity contribution in [2.45, 2.75) is 4.90 Å². The number of anilines is 2. The van der Waals surface area contributed by atoms with Crippen LogP contribution in [0.2, 0.25) is 0 Å². The van der Waals surface area contributed by atoms with Crippen LogP contribution >= 0.6 is 0 Å². The number of carbonyl (C=O) groups is 1. The molecule has 3 aromatic carbocycles. The molecule has 0 aliphatic carbocycles. The molecule has 0 aliphatic heterocycles. The summed E-state index contributed by atoms with van der Waals surface area (Å²) in [6.45, 7) is 0. The zero-order valence-corrected chi connectivity index (χ0v) is 17.6. The summed E-state index contributed by atoms with van der Waals surface area (Å²) in [5.74, 6) is 0.546. The number of hydrogen-bond acceptors (Lipinski definition) is 5. The average molecular weight is 426 g/mol. The summed E-state index contributed by atoms with van der Waals surface area (Å²) in [6, 6.07) is 19.6. The molecule has 0 aliphatic rings. The smallest absolute Gasteiger partial charge is 0.264 e. The van der Waals surface area contributed by atoms with Gasteiger partial charge in [-0.15, -0.1) is 0 Å². The normalized spacial score (nSPS) is 10.9. The lowest BCUT2D eigenvalue weighted by atomic mass is 10.1. The van der Waals surface area contributed by atoms with E-state index in [1.807, 2.05) is 0 Å². The molecule has 7 nitrogen and oxygen atoms in total.